The molecule has 5 aromatic rings. The number of aromatic nitrogens is 2. The molecule has 0 amide bonds. The average molecular weight is 368 g/mol. The Bertz CT molecular complexity index is 1530. The largest absolute Gasteiger partial charge is 0.454 e. The molecule has 0 atom stereocenters. The summed E-state index contributed by atoms with van der Waals surface area (Å²) >= 11 is 0. The Morgan fingerprint density at radius 1 is 1.14 bits per heavy atom. The molecule has 6 nitrogen and oxygen atoms in total. The number of imidazole rings is 1. The number of aryl methyl sites for hydroxylation is 1. The van der Waals surface area contributed by atoms with E-state index < -0.39 is 0 Å². The summed E-state index contributed by atoms with van der Waals surface area (Å²) in [4.78, 5) is 2.00. The summed E-state index contributed by atoms with van der Waals surface area (Å²) in [5, 5.41) is 20.3. The van der Waals surface area contributed by atoms with Crippen LogP contribution in [0.5, 0.6) is 0 Å². The molecule has 0 bridgehead atoms. The van der Waals surface area contributed by atoms with Gasteiger partial charge in [0.25, 0.3) is 5.65 Å². The highest BCUT2D eigenvalue weighted by Crippen LogP contribution is 2.30. The number of fused-ring (bicyclic) bond motifs is 6. The number of para-hydroxylation sites is 2. The van der Waals surface area contributed by atoms with E-state index in [1.165, 1.54) is 0 Å². The number of nitrogens with zero attached hydrogens (tertiary/aromatic N) is 4. The van der Waals surface area contributed by atoms with E-state index in [4.69, 9.17) is 9.83 Å². The molecule has 0 aliphatic carbocycles. The van der Waals surface area contributed by atoms with Gasteiger partial charge in [-0.1, -0.05) is 12.1 Å². The molecule has 0 fully saturated rings. The number of hydrogen-bond donors (Lipinski definition) is 1. The second kappa shape index (κ2) is 5.57. The Hall–Kier alpha value is -3.85. The van der Waals surface area contributed by atoms with Crippen LogP contribution in [0.4, 0.5) is 5.69 Å². The van der Waals surface area contributed by atoms with Gasteiger partial charge in [0.15, 0.2) is 22.2 Å². The van der Waals surface area contributed by atoms with Gasteiger partial charge in [-0.15, -0.1) is 0 Å². The Labute approximate surface area is 160 Å². The van der Waals surface area contributed by atoms with Gasteiger partial charge in [0.05, 0.1) is 7.05 Å². The molecule has 3 aromatic heterocycles. The maximum absolute atomic E-state index is 9.81. The van der Waals surface area contributed by atoms with Gasteiger partial charge in [0, 0.05) is 31.2 Å². The van der Waals surface area contributed by atoms with Crippen LogP contribution in [0.1, 0.15) is 5.56 Å². The van der Waals surface area contributed by atoms with Crippen molar-refractivity contribution >= 4 is 44.3 Å². The maximum atomic E-state index is 9.81. The van der Waals surface area contributed by atoms with Crippen LogP contribution in [0, 0.1) is 16.7 Å². The first kappa shape index (κ1) is 16.3. The molecule has 0 saturated heterocycles. The van der Waals surface area contributed by atoms with Crippen LogP contribution < -0.4 is 15.0 Å². The first-order valence-electron chi connectivity index (χ1n) is 8.96. The lowest BCUT2D eigenvalue weighted by Gasteiger charge is -2.13. The van der Waals surface area contributed by atoms with Crippen molar-refractivity contribution in [1.29, 1.82) is 10.7 Å². The van der Waals surface area contributed by atoms with E-state index in [1.54, 1.807) is 0 Å². The third-order valence-corrected chi connectivity index (χ3v) is 5.32. The van der Waals surface area contributed by atoms with Crippen LogP contribution in [0.2, 0.25) is 0 Å². The minimum absolute atomic E-state index is 0.133. The third-order valence-electron chi connectivity index (χ3n) is 5.32. The molecule has 0 unspecified atom stereocenters. The quantitative estimate of drug-likeness (QED) is 0.365. The minimum Gasteiger partial charge on any atom is -0.454 e. The lowest BCUT2D eigenvalue weighted by atomic mass is 10.1. The molecular weight excluding hydrogens is 350 g/mol. The first-order chi connectivity index (χ1) is 13.5. The second-order valence-electron chi connectivity index (χ2n) is 7.15. The molecule has 2 aromatic carbocycles. The van der Waals surface area contributed by atoms with Crippen LogP contribution in [-0.2, 0) is 7.05 Å². The zero-order valence-electron chi connectivity index (χ0n) is 15.8. The molecule has 136 valence electrons. The van der Waals surface area contributed by atoms with Crippen molar-refractivity contribution in [1.82, 2.24) is 4.40 Å². The Balaban J connectivity index is 2.07. The monoisotopic (exact) mass is 368 g/mol. The fourth-order valence-corrected chi connectivity index (χ4v) is 3.91. The van der Waals surface area contributed by atoms with Crippen molar-refractivity contribution in [3.63, 3.8) is 0 Å². The SMILES string of the molecule is CN(C)c1ccc2cc3c(oc2c1)c(C#N)c(=N)n1c2ccccc2[n+](C)c31. The standard InChI is InChI=1S/C22H18N5O/c1-25(2)14-9-8-13-10-15-20(28-19(13)11-14)16(12-23)21(24)27-18-7-5-4-6-17(18)26(3)22(15)27/h4-11,24H,1-3H3/q+1. The predicted octanol–water partition coefficient (Wildman–Crippen LogP) is 3.23. The molecule has 0 aliphatic rings. The first-order valence-corrected chi connectivity index (χ1v) is 8.96. The van der Waals surface area contributed by atoms with Gasteiger partial charge in [-0.05, 0) is 30.3 Å². The zero-order chi connectivity index (χ0) is 19.6. The molecule has 5 rings (SSSR count). The third kappa shape index (κ3) is 2.01. The number of nitriles is 1. The molecule has 0 aliphatic heterocycles. The second-order valence-corrected chi connectivity index (χ2v) is 7.15. The molecule has 1 N–H and O–H groups in total. The smallest absolute Gasteiger partial charge is 0.300 e. The van der Waals surface area contributed by atoms with E-state index in [9.17, 15) is 5.26 Å². The predicted molar refractivity (Wildman–Crippen MR) is 108 cm³/mol. The van der Waals surface area contributed by atoms with E-state index >= 15 is 0 Å². The normalized spacial score (nSPS) is 11.5. The number of hydrogen-bond acceptors (Lipinski definition) is 4. The van der Waals surface area contributed by atoms with E-state index in [2.05, 4.69) is 6.07 Å². The van der Waals surface area contributed by atoms with Gasteiger partial charge in [-0.2, -0.15) is 9.66 Å². The van der Waals surface area contributed by atoms with Crippen molar-refractivity contribution in [2.45, 2.75) is 0 Å². The van der Waals surface area contributed by atoms with Crippen LogP contribution in [-0.4, -0.2) is 18.5 Å². The number of pyridine rings is 1. The summed E-state index contributed by atoms with van der Waals surface area (Å²) in [5.41, 5.74) is 5.25. The number of anilines is 1. The van der Waals surface area contributed by atoms with E-state index in [0.29, 0.717) is 11.2 Å². The van der Waals surface area contributed by atoms with Gasteiger partial charge in [0.2, 0.25) is 5.49 Å². The van der Waals surface area contributed by atoms with E-state index in [-0.39, 0.29) is 11.1 Å². The maximum Gasteiger partial charge on any atom is 0.300 e. The lowest BCUT2D eigenvalue weighted by molar-refractivity contribution is -0.617. The van der Waals surface area contributed by atoms with Gasteiger partial charge >= 0.3 is 0 Å². The van der Waals surface area contributed by atoms with Gasteiger partial charge in [-0.3, -0.25) is 5.41 Å². The summed E-state index contributed by atoms with van der Waals surface area (Å²) in [6.45, 7) is 0. The average Bonchev–Trinajstić information content (AvgIpc) is 3.00. The van der Waals surface area contributed by atoms with Crippen molar-refractivity contribution in [2.75, 3.05) is 19.0 Å². The Kier molecular flexibility index (Phi) is 3.25. The summed E-state index contributed by atoms with van der Waals surface area (Å²) in [7, 11) is 5.92. The topological polar surface area (TPSA) is 72.3 Å². The number of benzene rings is 2. The summed E-state index contributed by atoms with van der Waals surface area (Å²) in [6, 6.07) is 18.1. The van der Waals surface area contributed by atoms with Gasteiger partial charge < -0.3 is 9.32 Å². The minimum atomic E-state index is 0.133. The molecule has 6 heteroatoms. The molecular formula is C22H18N5O+. The van der Waals surface area contributed by atoms with Crippen LogP contribution >= 0.6 is 0 Å². The molecule has 3 heterocycles. The highest BCUT2D eigenvalue weighted by molar-refractivity contribution is 6.00. The molecule has 0 radical (unpaired) electrons. The highest BCUT2D eigenvalue weighted by Gasteiger charge is 2.25. The summed E-state index contributed by atoms with van der Waals surface area (Å²) in [6.07, 6.45) is 0. The molecule has 0 spiro atoms. The molecule has 0 saturated carbocycles. The molecule has 28 heavy (non-hydrogen) atoms. The fraction of sp³-hybridized carbons (Fsp3) is 0.136. The zero-order valence-corrected chi connectivity index (χ0v) is 15.8. The number of nitrogens with one attached hydrogen (secondary N) is 1. The van der Waals surface area contributed by atoms with Gasteiger partial charge in [0.1, 0.15) is 17.0 Å². The van der Waals surface area contributed by atoms with Crippen molar-refractivity contribution in [2.24, 2.45) is 7.05 Å². The van der Waals surface area contributed by atoms with E-state index in [0.717, 1.165) is 33.1 Å². The lowest BCUT2D eigenvalue weighted by Crippen LogP contribution is -2.29. The Morgan fingerprint density at radius 2 is 1.93 bits per heavy atom. The Morgan fingerprint density at radius 3 is 2.68 bits per heavy atom. The summed E-state index contributed by atoms with van der Waals surface area (Å²) in [5.74, 6) is 0. The van der Waals surface area contributed by atoms with Crippen LogP contribution in [0.15, 0.2) is 52.9 Å². The van der Waals surface area contributed by atoms with Crippen LogP contribution in [0.25, 0.3) is 38.6 Å². The van der Waals surface area contributed by atoms with Crippen molar-refractivity contribution < 1.29 is 8.98 Å². The van der Waals surface area contributed by atoms with Crippen molar-refractivity contribution in [3.05, 3.63) is 59.6 Å². The highest BCUT2D eigenvalue weighted by atomic mass is 16.3. The summed E-state index contributed by atoms with van der Waals surface area (Å²) < 4.78 is 10.1. The fourth-order valence-electron chi connectivity index (χ4n) is 3.91. The number of rotatable bonds is 1. The van der Waals surface area contributed by atoms with E-state index in [1.807, 2.05) is 83.5 Å². The van der Waals surface area contributed by atoms with Crippen molar-refractivity contribution in [3.8, 4) is 6.07 Å². The van der Waals surface area contributed by atoms with Gasteiger partial charge in [-0.25, -0.2) is 4.57 Å². The van der Waals surface area contributed by atoms with Crippen LogP contribution in [0.3, 0.4) is 0 Å².